The second-order valence-electron chi connectivity index (χ2n) is 3.77. The number of rotatable bonds is 4. The number of benzene rings is 1. The third-order valence-corrected chi connectivity index (χ3v) is 2.91. The minimum absolute atomic E-state index is 0.194. The quantitative estimate of drug-likeness (QED) is 0.457. The number of hydrogen-bond donors (Lipinski definition) is 0. The predicted molar refractivity (Wildman–Crippen MR) is 65.7 cm³/mol. The van der Waals surface area contributed by atoms with E-state index >= 15 is 0 Å². The second kappa shape index (κ2) is 6.99. The van der Waals surface area contributed by atoms with Gasteiger partial charge >= 0.3 is 17.8 Å². The molecule has 0 saturated heterocycles. The van der Waals surface area contributed by atoms with E-state index < -0.39 is 51.4 Å². The van der Waals surface area contributed by atoms with Crippen LogP contribution in [0.3, 0.4) is 0 Å². The Balaban J connectivity index is 3.47. The van der Waals surface area contributed by atoms with Crippen LogP contribution in [-0.2, 0) is 4.74 Å². The molecule has 1 rings (SSSR count). The highest BCUT2D eigenvalue weighted by atomic mass is 32.2. The van der Waals surface area contributed by atoms with Crippen molar-refractivity contribution < 1.29 is 40.6 Å². The Bertz CT molecular complexity index is 635. The highest BCUT2D eigenvalue weighted by molar-refractivity contribution is 8.00. The number of hydrogen-bond acceptors (Lipinski definition) is 5. The predicted octanol–water partition coefficient (Wildman–Crippen LogP) is 4.25. The van der Waals surface area contributed by atoms with Crippen LogP contribution in [-0.4, -0.2) is 24.4 Å². The van der Waals surface area contributed by atoms with E-state index in [-0.39, 0.29) is 6.61 Å². The lowest BCUT2D eigenvalue weighted by Gasteiger charge is -2.15. The summed E-state index contributed by atoms with van der Waals surface area (Å²) in [6, 6.07) is 2.25. The van der Waals surface area contributed by atoms with E-state index in [0.717, 1.165) is 0 Å². The molecule has 23 heavy (non-hydrogen) atoms. The molecule has 0 aromatic heterocycles. The first kappa shape index (κ1) is 19.0. The first-order valence-corrected chi connectivity index (χ1v) is 6.55. The zero-order chi connectivity index (χ0) is 17.8. The first-order valence-electron chi connectivity index (χ1n) is 5.73. The van der Waals surface area contributed by atoms with Gasteiger partial charge in [-0.2, -0.15) is 18.4 Å². The number of halogens is 6. The van der Waals surface area contributed by atoms with Gasteiger partial charge in [-0.15, -0.1) is 13.2 Å². The van der Waals surface area contributed by atoms with Gasteiger partial charge in [0.25, 0.3) is 0 Å². The van der Waals surface area contributed by atoms with E-state index in [1.165, 1.54) is 13.0 Å². The van der Waals surface area contributed by atoms with Crippen LogP contribution < -0.4 is 4.74 Å². The summed E-state index contributed by atoms with van der Waals surface area (Å²) >= 11 is -0.848. The summed E-state index contributed by atoms with van der Waals surface area (Å²) in [5.41, 5.74) is -6.40. The summed E-state index contributed by atoms with van der Waals surface area (Å²) in [5.74, 6) is -2.30. The van der Waals surface area contributed by atoms with E-state index in [2.05, 4.69) is 9.47 Å². The molecule has 0 bridgehead atoms. The largest absolute Gasteiger partial charge is 0.573 e. The van der Waals surface area contributed by atoms with Gasteiger partial charge < -0.3 is 9.47 Å². The van der Waals surface area contributed by atoms with Crippen molar-refractivity contribution in [2.45, 2.75) is 23.7 Å². The zero-order valence-electron chi connectivity index (χ0n) is 11.2. The molecule has 0 radical (unpaired) electrons. The van der Waals surface area contributed by atoms with Gasteiger partial charge in [0.15, 0.2) is 0 Å². The highest BCUT2D eigenvalue weighted by Crippen LogP contribution is 2.42. The van der Waals surface area contributed by atoms with Crippen molar-refractivity contribution in [3.63, 3.8) is 0 Å². The first-order chi connectivity index (χ1) is 10.5. The minimum Gasteiger partial charge on any atom is -0.462 e. The van der Waals surface area contributed by atoms with Crippen molar-refractivity contribution in [1.29, 1.82) is 5.26 Å². The van der Waals surface area contributed by atoms with Crippen LogP contribution in [0, 0.1) is 11.3 Å². The Morgan fingerprint density at radius 1 is 1.26 bits per heavy atom. The molecule has 11 heteroatoms. The number of alkyl halides is 6. The van der Waals surface area contributed by atoms with Crippen molar-refractivity contribution in [2.24, 2.45) is 0 Å². The molecule has 0 aliphatic heterocycles. The molecule has 0 N–H and O–H groups in total. The van der Waals surface area contributed by atoms with E-state index in [1.807, 2.05) is 0 Å². The standard InChI is InChI=1S/C12H7F6NO3S/c1-2-21-10(20)9-6(5-19)3-7(22-11(13,14)15)4-8(9)23-12(16,17)18/h3-4H,2H2,1H3. The summed E-state index contributed by atoms with van der Waals surface area (Å²) in [6.07, 6.45) is -5.17. The Hall–Kier alpha value is -2.09. The Labute approximate surface area is 130 Å². The molecule has 0 fully saturated rings. The number of carbonyl (C=O) groups is 1. The Morgan fingerprint density at radius 2 is 1.87 bits per heavy atom. The number of ether oxygens (including phenoxy) is 2. The molecule has 1 aromatic carbocycles. The van der Waals surface area contributed by atoms with Crippen molar-refractivity contribution in [1.82, 2.24) is 0 Å². The second-order valence-corrected chi connectivity index (χ2v) is 4.88. The molecule has 126 valence electrons. The third-order valence-electron chi connectivity index (χ3n) is 2.13. The third kappa shape index (κ3) is 5.90. The molecule has 0 amide bonds. The van der Waals surface area contributed by atoms with Crippen LogP contribution in [0.15, 0.2) is 17.0 Å². The number of carbonyl (C=O) groups excluding carboxylic acids is 1. The fraction of sp³-hybridized carbons (Fsp3) is 0.333. The van der Waals surface area contributed by atoms with E-state index in [4.69, 9.17) is 5.26 Å². The summed E-state index contributed by atoms with van der Waals surface area (Å²) < 4.78 is 82.3. The van der Waals surface area contributed by atoms with Gasteiger partial charge in [-0.3, -0.25) is 0 Å². The molecule has 0 heterocycles. The van der Waals surface area contributed by atoms with Gasteiger partial charge in [0, 0.05) is 4.90 Å². The minimum atomic E-state index is -5.17. The van der Waals surface area contributed by atoms with Crippen LogP contribution in [0.1, 0.15) is 22.8 Å². The number of nitriles is 1. The zero-order valence-corrected chi connectivity index (χ0v) is 12.0. The summed E-state index contributed by atoms with van der Waals surface area (Å²) in [7, 11) is 0. The fourth-order valence-electron chi connectivity index (χ4n) is 1.49. The molecule has 0 unspecified atom stereocenters. The molecule has 0 saturated carbocycles. The van der Waals surface area contributed by atoms with E-state index in [9.17, 15) is 31.1 Å². The van der Waals surface area contributed by atoms with Gasteiger partial charge in [-0.25, -0.2) is 4.79 Å². The molecule has 0 aliphatic rings. The SMILES string of the molecule is CCOC(=O)c1c(C#N)cc(OC(F)(F)F)cc1SC(F)(F)F. The maximum atomic E-state index is 12.5. The average molecular weight is 359 g/mol. The van der Waals surface area contributed by atoms with Crippen molar-refractivity contribution in [3.8, 4) is 11.8 Å². The lowest BCUT2D eigenvalue weighted by Crippen LogP contribution is -2.18. The van der Waals surface area contributed by atoms with Gasteiger partial charge in [-0.05, 0) is 30.8 Å². The number of nitrogens with zero attached hydrogens (tertiary/aromatic N) is 1. The lowest BCUT2D eigenvalue weighted by atomic mass is 10.1. The maximum Gasteiger partial charge on any atom is 0.573 e. The van der Waals surface area contributed by atoms with Crippen LogP contribution in [0.2, 0.25) is 0 Å². The normalized spacial score (nSPS) is 11.7. The van der Waals surface area contributed by atoms with E-state index in [0.29, 0.717) is 12.1 Å². The van der Waals surface area contributed by atoms with Crippen molar-refractivity contribution in [2.75, 3.05) is 6.61 Å². The van der Waals surface area contributed by atoms with Gasteiger partial charge in [0.2, 0.25) is 0 Å². The summed E-state index contributed by atoms with van der Waals surface area (Å²) in [4.78, 5) is 10.8. The fourth-order valence-corrected chi connectivity index (χ4v) is 2.21. The number of esters is 1. The number of thioether (sulfide) groups is 1. The molecule has 0 atom stereocenters. The summed E-state index contributed by atoms with van der Waals surface area (Å²) in [6.45, 7) is 1.18. The highest BCUT2D eigenvalue weighted by Gasteiger charge is 2.36. The van der Waals surface area contributed by atoms with Crippen LogP contribution in [0.4, 0.5) is 26.3 Å². The maximum absolute atomic E-state index is 12.5. The average Bonchev–Trinajstić information content (AvgIpc) is 2.34. The van der Waals surface area contributed by atoms with Crippen LogP contribution in [0.25, 0.3) is 0 Å². The van der Waals surface area contributed by atoms with Gasteiger partial charge in [0.1, 0.15) is 11.8 Å². The van der Waals surface area contributed by atoms with Gasteiger partial charge in [0.05, 0.1) is 17.7 Å². The smallest absolute Gasteiger partial charge is 0.462 e. The van der Waals surface area contributed by atoms with Gasteiger partial charge in [-0.1, -0.05) is 0 Å². The van der Waals surface area contributed by atoms with Crippen LogP contribution in [0.5, 0.6) is 5.75 Å². The topological polar surface area (TPSA) is 59.3 Å². The molecular weight excluding hydrogens is 352 g/mol. The van der Waals surface area contributed by atoms with Crippen molar-refractivity contribution >= 4 is 17.7 Å². The van der Waals surface area contributed by atoms with Crippen molar-refractivity contribution in [3.05, 3.63) is 23.3 Å². The monoisotopic (exact) mass is 359 g/mol. The molecule has 0 aliphatic carbocycles. The lowest BCUT2D eigenvalue weighted by molar-refractivity contribution is -0.274. The molecular formula is C12H7F6NO3S. The Morgan fingerprint density at radius 3 is 2.30 bits per heavy atom. The molecule has 1 aromatic rings. The summed E-state index contributed by atoms with van der Waals surface area (Å²) in [5, 5.41) is 8.90. The van der Waals surface area contributed by atoms with E-state index in [1.54, 1.807) is 0 Å². The molecule has 4 nitrogen and oxygen atoms in total. The Kier molecular flexibility index (Phi) is 5.76. The van der Waals surface area contributed by atoms with Crippen LogP contribution >= 0.6 is 11.8 Å². The molecule has 0 spiro atoms.